The third-order valence-corrected chi connectivity index (χ3v) is 3.44. The monoisotopic (exact) mass is 276 g/mol. The van der Waals surface area contributed by atoms with Gasteiger partial charge < -0.3 is 15.1 Å². The average Bonchev–Trinajstić information content (AvgIpc) is 2.93. The summed E-state index contributed by atoms with van der Waals surface area (Å²) in [6.07, 6.45) is 0.851. The molecule has 1 aromatic heterocycles. The second-order valence-electron chi connectivity index (χ2n) is 4.68. The molecule has 1 aromatic carbocycles. The van der Waals surface area contributed by atoms with Crippen molar-refractivity contribution in [1.29, 1.82) is 0 Å². The van der Waals surface area contributed by atoms with Crippen molar-refractivity contribution in [1.82, 2.24) is 0 Å². The number of likely N-dealkylation sites (N-methyl/N-ethyl adjacent to an activating group) is 1. The zero-order valence-electron chi connectivity index (χ0n) is 12.0. The van der Waals surface area contributed by atoms with Gasteiger partial charge in [-0.1, -0.05) is 13.0 Å². The average molecular weight is 276 g/mol. The summed E-state index contributed by atoms with van der Waals surface area (Å²) < 4.78 is 19.2. The first-order chi connectivity index (χ1) is 9.69. The third kappa shape index (κ3) is 3.02. The Balaban J connectivity index is 2.32. The molecule has 108 valence electrons. The van der Waals surface area contributed by atoms with Crippen LogP contribution in [0.15, 0.2) is 40.8 Å². The summed E-state index contributed by atoms with van der Waals surface area (Å²) in [5.41, 5.74) is 6.73. The second-order valence-corrected chi connectivity index (χ2v) is 4.68. The topological polar surface area (TPSA) is 42.4 Å². The minimum atomic E-state index is -0.245. The van der Waals surface area contributed by atoms with E-state index >= 15 is 0 Å². The molecule has 0 amide bonds. The van der Waals surface area contributed by atoms with Crippen LogP contribution >= 0.6 is 0 Å². The number of nitrogens with two attached hydrogens (primary N) is 1. The van der Waals surface area contributed by atoms with E-state index < -0.39 is 0 Å². The van der Waals surface area contributed by atoms with E-state index in [4.69, 9.17) is 10.2 Å². The van der Waals surface area contributed by atoms with E-state index in [1.807, 2.05) is 32.0 Å². The Kier molecular flexibility index (Phi) is 4.79. The number of nitrogens with zero attached hydrogens (tertiary/aromatic N) is 1. The number of benzene rings is 1. The molecule has 1 atom stereocenters. The predicted molar refractivity (Wildman–Crippen MR) is 79.3 cm³/mol. The lowest BCUT2D eigenvalue weighted by Crippen LogP contribution is -2.33. The molecule has 0 bridgehead atoms. The van der Waals surface area contributed by atoms with Crippen molar-refractivity contribution in [2.45, 2.75) is 26.3 Å². The molecule has 3 nitrogen and oxygen atoms in total. The van der Waals surface area contributed by atoms with Crippen molar-refractivity contribution in [3.8, 4) is 0 Å². The molecule has 2 rings (SSSR count). The van der Waals surface area contributed by atoms with Crippen molar-refractivity contribution >= 4 is 5.69 Å². The van der Waals surface area contributed by atoms with Gasteiger partial charge in [-0.3, -0.25) is 0 Å². The van der Waals surface area contributed by atoms with E-state index in [-0.39, 0.29) is 11.9 Å². The Bertz CT molecular complexity index is 553. The highest BCUT2D eigenvalue weighted by Crippen LogP contribution is 2.28. The first-order valence-electron chi connectivity index (χ1n) is 7.00. The lowest BCUT2D eigenvalue weighted by Gasteiger charge is -2.30. The quantitative estimate of drug-likeness (QED) is 0.878. The van der Waals surface area contributed by atoms with E-state index in [9.17, 15) is 4.39 Å². The normalized spacial score (nSPS) is 12.4. The molecule has 2 N–H and O–H groups in total. The van der Waals surface area contributed by atoms with Gasteiger partial charge >= 0.3 is 0 Å². The SMILES string of the molecule is CCc1ccc(C(CN)N(CC)c2cccc(F)c2)o1. The minimum absolute atomic E-state index is 0.0814. The summed E-state index contributed by atoms with van der Waals surface area (Å²) >= 11 is 0. The number of hydrogen-bond acceptors (Lipinski definition) is 3. The zero-order valence-corrected chi connectivity index (χ0v) is 12.0. The van der Waals surface area contributed by atoms with Crippen molar-refractivity contribution in [2.24, 2.45) is 5.73 Å². The molecule has 1 unspecified atom stereocenters. The summed E-state index contributed by atoms with van der Waals surface area (Å²) in [7, 11) is 0. The number of furan rings is 1. The highest BCUT2D eigenvalue weighted by atomic mass is 19.1. The number of halogens is 1. The van der Waals surface area contributed by atoms with Gasteiger partial charge in [-0.25, -0.2) is 4.39 Å². The Hall–Kier alpha value is -1.81. The van der Waals surface area contributed by atoms with E-state index in [1.54, 1.807) is 6.07 Å². The highest BCUT2D eigenvalue weighted by molar-refractivity contribution is 5.48. The fraction of sp³-hybridized carbons (Fsp3) is 0.375. The van der Waals surface area contributed by atoms with Crippen LogP contribution < -0.4 is 10.6 Å². The number of aryl methyl sites for hydroxylation is 1. The van der Waals surface area contributed by atoms with Gasteiger partial charge in [0.15, 0.2) is 0 Å². The number of rotatable bonds is 6. The van der Waals surface area contributed by atoms with Crippen LogP contribution in [0.5, 0.6) is 0 Å². The highest BCUT2D eigenvalue weighted by Gasteiger charge is 2.21. The predicted octanol–water partition coefficient (Wildman–Crippen LogP) is 3.51. The molecule has 0 saturated carbocycles. The summed E-state index contributed by atoms with van der Waals surface area (Å²) in [5, 5.41) is 0. The Morgan fingerprint density at radius 3 is 2.60 bits per heavy atom. The smallest absolute Gasteiger partial charge is 0.127 e. The first-order valence-corrected chi connectivity index (χ1v) is 7.00. The van der Waals surface area contributed by atoms with E-state index in [2.05, 4.69) is 4.90 Å². The van der Waals surface area contributed by atoms with Crippen LogP contribution in [-0.2, 0) is 6.42 Å². The maximum Gasteiger partial charge on any atom is 0.127 e. The molecule has 0 saturated heterocycles. The standard InChI is InChI=1S/C16H21FN2O/c1-3-14-8-9-16(20-14)15(11-18)19(4-2)13-7-5-6-12(17)10-13/h5-10,15H,3-4,11,18H2,1-2H3. The molecule has 0 aliphatic rings. The van der Waals surface area contributed by atoms with Crippen LogP contribution in [0, 0.1) is 5.82 Å². The van der Waals surface area contributed by atoms with Gasteiger partial charge in [-0.05, 0) is 37.3 Å². The first kappa shape index (κ1) is 14.6. The lowest BCUT2D eigenvalue weighted by atomic mass is 10.1. The van der Waals surface area contributed by atoms with Crippen LogP contribution in [0.2, 0.25) is 0 Å². The molecular weight excluding hydrogens is 255 g/mol. The minimum Gasteiger partial charge on any atom is -0.464 e. The van der Waals surface area contributed by atoms with Gasteiger partial charge in [-0.2, -0.15) is 0 Å². The Morgan fingerprint density at radius 2 is 2.05 bits per heavy atom. The maximum atomic E-state index is 13.4. The summed E-state index contributed by atoms with van der Waals surface area (Å²) in [5.74, 6) is 1.52. The largest absolute Gasteiger partial charge is 0.464 e. The maximum absolute atomic E-state index is 13.4. The van der Waals surface area contributed by atoms with Gasteiger partial charge in [0.05, 0.1) is 6.04 Å². The number of hydrogen-bond donors (Lipinski definition) is 1. The van der Waals surface area contributed by atoms with Crippen molar-refractivity contribution in [3.05, 3.63) is 53.7 Å². The number of anilines is 1. The zero-order chi connectivity index (χ0) is 14.5. The van der Waals surface area contributed by atoms with Crippen molar-refractivity contribution in [3.63, 3.8) is 0 Å². The Labute approximate surface area is 119 Å². The van der Waals surface area contributed by atoms with Crippen LogP contribution in [0.1, 0.15) is 31.4 Å². The molecule has 1 heterocycles. The van der Waals surface area contributed by atoms with Crippen molar-refractivity contribution in [2.75, 3.05) is 18.0 Å². The second kappa shape index (κ2) is 6.57. The molecule has 2 aromatic rings. The van der Waals surface area contributed by atoms with Gasteiger partial charge in [0.25, 0.3) is 0 Å². The Morgan fingerprint density at radius 1 is 1.25 bits per heavy atom. The van der Waals surface area contributed by atoms with Gasteiger partial charge in [0, 0.05) is 25.2 Å². The molecular formula is C16H21FN2O. The van der Waals surface area contributed by atoms with E-state index in [0.29, 0.717) is 6.54 Å². The molecule has 20 heavy (non-hydrogen) atoms. The molecule has 4 heteroatoms. The van der Waals surface area contributed by atoms with Crippen LogP contribution in [-0.4, -0.2) is 13.1 Å². The van der Waals surface area contributed by atoms with E-state index in [1.165, 1.54) is 12.1 Å². The molecule has 0 aliphatic heterocycles. The van der Waals surface area contributed by atoms with Gasteiger partial charge in [0.2, 0.25) is 0 Å². The molecule has 0 aliphatic carbocycles. The summed E-state index contributed by atoms with van der Waals surface area (Å²) in [6, 6.07) is 10.4. The fourth-order valence-corrected chi connectivity index (χ4v) is 2.40. The summed E-state index contributed by atoms with van der Waals surface area (Å²) in [4.78, 5) is 2.06. The van der Waals surface area contributed by atoms with Crippen molar-refractivity contribution < 1.29 is 8.81 Å². The summed E-state index contributed by atoms with van der Waals surface area (Å²) in [6.45, 7) is 5.22. The van der Waals surface area contributed by atoms with Crippen LogP contribution in [0.25, 0.3) is 0 Å². The lowest BCUT2D eigenvalue weighted by molar-refractivity contribution is 0.426. The van der Waals surface area contributed by atoms with Gasteiger partial charge in [0.1, 0.15) is 17.3 Å². The third-order valence-electron chi connectivity index (χ3n) is 3.44. The van der Waals surface area contributed by atoms with E-state index in [0.717, 1.165) is 30.2 Å². The van der Waals surface area contributed by atoms with Crippen LogP contribution in [0.3, 0.4) is 0 Å². The molecule has 0 spiro atoms. The van der Waals surface area contributed by atoms with Crippen LogP contribution in [0.4, 0.5) is 10.1 Å². The molecule has 0 fully saturated rings. The fourth-order valence-electron chi connectivity index (χ4n) is 2.40. The van der Waals surface area contributed by atoms with Gasteiger partial charge in [-0.15, -0.1) is 0 Å². The molecule has 0 radical (unpaired) electrons.